The molecule has 5 heteroatoms. The predicted molar refractivity (Wildman–Crippen MR) is 258 cm³/mol. The molecule has 0 saturated carbocycles. The molecule has 0 amide bonds. The molecule has 305 valence electrons. The van der Waals surface area contributed by atoms with Crippen LogP contribution >= 0.6 is 0 Å². The number of hydrogen-bond donors (Lipinski definition) is 0. The van der Waals surface area contributed by atoms with Crippen LogP contribution in [0.1, 0.15) is 24.0 Å². The molecule has 10 rings (SSSR count). The first kappa shape index (κ1) is 42.5. The third-order valence-electron chi connectivity index (χ3n) is 11.4. The van der Waals surface area contributed by atoms with Crippen molar-refractivity contribution in [2.45, 2.75) is 30.1 Å². The van der Waals surface area contributed by atoms with Gasteiger partial charge in [-0.3, -0.25) is 0 Å². The van der Waals surface area contributed by atoms with Crippen LogP contribution in [0.3, 0.4) is 0 Å². The Morgan fingerprint density at radius 2 is 1.13 bits per heavy atom. The molecule has 7 aromatic carbocycles. The summed E-state index contributed by atoms with van der Waals surface area (Å²) in [6, 6.07) is 72.3. The van der Waals surface area contributed by atoms with E-state index in [2.05, 4.69) is 210 Å². The van der Waals surface area contributed by atoms with Gasteiger partial charge in [-0.05, 0) is 51.2 Å². The summed E-state index contributed by atoms with van der Waals surface area (Å²) in [4.78, 5) is 9.32. The molecule has 3 heterocycles. The Morgan fingerprint density at radius 1 is 0.484 bits per heavy atom. The number of pyridine rings is 2. The molecule has 10 aromatic rings. The van der Waals surface area contributed by atoms with Crippen LogP contribution in [0.4, 0.5) is 0 Å². The average Bonchev–Trinajstić information content (AvgIpc) is 3.69. The molecule has 1 atom stereocenters. The van der Waals surface area contributed by atoms with Gasteiger partial charge in [-0.15, -0.1) is 23.8 Å². The maximum Gasteiger partial charge on any atom is 0 e. The van der Waals surface area contributed by atoms with Crippen LogP contribution in [0.15, 0.2) is 205 Å². The molecule has 62 heavy (non-hydrogen) atoms. The molecule has 0 N–H and O–H groups in total. The fourth-order valence-electron chi connectivity index (χ4n) is 7.83. The van der Waals surface area contributed by atoms with E-state index in [-0.39, 0.29) is 26.0 Å². The van der Waals surface area contributed by atoms with E-state index in [1.807, 2.05) is 36.7 Å². The number of hydrogen-bond acceptors (Lipinski definition) is 3. The number of nitrogens with zero attached hydrogens (tertiary/aromatic N) is 2. The van der Waals surface area contributed by atoms with Crippen molar-refractivity contribution in [1.82, 2.24) is 9.97 Å². The minimum atomic E-state index is -1.78. The van der Waals surface area contributed by atoms with E-state index in [0.717, 1.165) is 50.0 Å². The van der Waals surface area contributed by atoms with Crippen molar-refractivity contribution in [2.24, 2.45) is 0 Å². The SMILES string of the molecule is CC(c1ccccc1)c1ccnc(-c2[c-]cc3oc4cc(-c5ccccc5-c5ccccc5)ccc4c3c2)c1.[CH3][Ge]([CH3])([CH3])[c]1ccc(-c2[c-]cc(-c3ccccc3)cc2)nc1.[Ir]. The first-order chi connectivity index (χ1) is 29.8. The van der Waals surface area contributed by atoms with Gasteiger partial charge in [0.15, 0.2) is 0 Å². The first-order valence-electron chi connectivity index (χ1n) is 20.9. The molecule has 0 saturated heterocycles. The summed E-state index contributed by atoms with van der Waals surface area (Å²) in [5.41, 5.74) is 15.3. The topological polar surface area (TPSA) is 38.9 Å². The van der Waals surface area contributed by atoms with Crippen molar-refractivity contribution < 1.29 is 24.5 Å². The second-order valence-corrected chi connectivity index (χ2v) is 27.1. The van der Waals surface area contributed by atoms with E-state index >= 15 is 0 Å². The van der Waals surface area contributed by atoms with E-state index in [4.69, 9.17) is 4.42 Å². The van der Waals surface area contributed by atoms with E-state index < -0.39 is 13.3 Å². The van der Waals surface area contributed by atoms with E-state index in [1.54, 1.807) is 0 Å². The van der Waals surface area contributed by atoms with Crippen molar-refractivity contribution in [3.8, 4) is 55.9 Å². The molecule has 0 fully saturated rings. The zero-order valence-electron chi connectivity index (χ0n) is 35.3. The third kappa shape index (κ3) is 9.34. The van der Waals surface area contributed by atoms with Gasteiger partial charge in [-0.25, -0.2) is 0 Å². The van der Waals surface area contributed by atoms with Gasteiger partial charge in [0.2, 0.25) is 0 Å². The van der Waals surface area contributed by atoms with Crippen molar-refractivity contribution in [1.29, 1.82) is 0 Å². The average molecular weight is 1040 g/mol. The van der Waals surface area contributed by atoms with E-state index in [1.165, 1.54) is 43.3 Å². The summed E-state index contributed by atoms with van der Waals surface area (Å²) >= 11 is -1.78. The number of furan rings is 1. The minimum Gasteiger partial charge on any atom is 0 e. The number of rotatable bonds is 8. The van der Waals surface area contributed by atoms with Crippen molar-refractivity contribution in [2.75, 3.05) is 0 Å². The fraction of sp³-hybridized carbons (Fsp3) is 0.0877. The molecule has 3 nitrogen and oxygen atoms in total. The van der Waals surface area contributed by atoms with Gasteiger partial charge in [0.25, 0.3) is 0 Å². The number of aromatic nitrogens is 2. The van der Waals surface area contributed by atoms with Crippen LogP contribution in [0.2, 0.25) is 17.3 Å². The van der Waals surface area contributed by atoms with Crippen LogP contribution < -0.4 is 4.40 Å². The Bertz CT molecular complexity index is 3050. The molecule has 3 aromatic heterocycles. The van der Waals surface area contributed by atoms with Crippen molar-refractivity contribution >= 4 is 39.6 Å². The summed E-state index contributed by atoms with van der Waals surface area (Å²) in [5.74, 6) is 7.44. The van der Waals surface area contributed by atoms with Gasteiger partial charge in [0.1, 0.15) is 5.58 Å². The fourth-order valence-corrected chi connectivity index (χ4v) is 10.0. The van der Waals surface area contributed by atoms with Crippen molar-refractivity contribution in [3.63, 3.8) is 0 Å². The summed E-state index contributed by atoms with van der Waals surface area (Å²) in [6.07, 6.45) is 3.94. The van der Waals surface area contributed by atoms with Crippen molar-refractivity contribution in [3.05, 3.63) is 224 Å². The Balaban J connectivity index is 0.000000196. The monoisotopic (exact) mass is 1040 g/mol. The van der Waals surface area contributed by atoms with Crippen LogP contribution in [0.25, 0.3) is 77.8 Å². The van der Waals surface area contributed by atoms with Crippen LogP contribution in [-0.4, -0.2) is 23.2 Å². The zero-order valence-corrected chi connectivity index (χ0v) is 39.8. The maximum absolute atomic E-state index is 6.32. The van der Waals surface area contributed by atoms with Crippen LogP contribution in [-0.2, 0) is 20.1 Å². The molecule has 0 aliphatic carbocycles. The van der Waals surface area contributed by atoms with Gasteiger partial charge in [0, 0.05) is 37.6 Å². The van der Waals surface area contributed by atoms with Gasteiger partial charge in [-0.1, -0.05) is 115 Å². The van der Waals surface area contributed by atoms with Crippen LogP contribution in [0.5, 0.6) is 0 Å². The Labute approximate surface area is 381 Å². The summed E-state index contributed by atoms with van der Waals surface area (Å²) in [6.45, 7) is 2.23. The molecule has 1 unspecified atom stereocenters. The summed E-state index contributed by atoms with van der Waals surface area (Å²) < 4.78 is 7.75. The normalized spacial score (nSPS) is 11.7. The van der Waals surface area contributed by atoms with Gasteiger partial charge < -0.3 is 9.40 Å². The maximum atomic E-state index is 6.32. The standard InChI is InChI=1S/C37H26NO.C20H20GeN.Ir/c1-25(26-10-4-2-5-11-26)28-20-21-38-35(23-28)30-17-19-36-34(22-30)33-18-16-29(24-37(33)39-36)32-15-9-8-14-31(32)27-12-6-3-7-13-27;1-21(2,3)19-13-14-20(22-15-19)18-11-9-17(10-12-18)16-7-5-4-6-8-16;/h2-16,18-25H,1H3;4-11,13-15H,1-3H3;/q2*-1;. The molecular formula is C57H46GeIrN2O-2. The van der Waals surface area contributed by atoms with Gasteiger partial charge >= 0.3 is 135 Å². The summed E-state index contributed by atoms with van der Waals surface area (Å²) in [7, 11) is 0. The second kappa shape index (κ2) is 18.8. The van der Waals surface area contributed by atoms with Crippen LogP contribution in [0, 0.1) is 12.1 Å². The molecule has 0 aliphatic heterocycles. The smallest absolute Gasteiger partial charge is 0 e. The molecule has 0 spiro atoms. The predicted octanol–water partition coefficient (Wildman–Crippen LogP) is 14.7. The minimum absolute atomic E-state index is 0. The number of benzene rings is 7. The molecular weight excluding hydrogens is 993 g/mol. The Morgan fingerprint density at radius 3 is 1.79 bits per heavy atom. The number of fused-ring (bicyclic) bond motifs is 3. The summed E-state index contributed by atoms with van der Waals surface area (Å²) in [5, 5.41) is 2.17. The zero-order chi connectivity index (χ0) is 41.8. The first-order valence-corrected chi connectivity index (χ1v) is 28.2. The van der Waals surface area contributed by atoms with Gasteiger partial charge in [-0.2, -0.15) is 0 Å². The van der Waals surface area contributed by atoms with Gasteiger partial charge in [0.05, 0.1) is 5.58 Å². The van der Waals surface area contributed by atoms with E-state index in [0.29, 0.717) is 0 Å². The molecule has 0 aliphatic rings. The van der Waals surface area contributed by atoms with E-state index in [9.17, 15) is 0 Å². The molecule has 0 bridgehead atoms. The quantitative estimate of drug-likeness (QED) is 0.112. The largest absolute Gasteiger partial charge is 0 e. The molecule has 1 radical (unpaired) electrons. The second-order valence-electron chi connectivity index (χ2n) is 16.5. The Kier molecular flexibility index (Phi) is 12.9. The Hall–Kier alpha value is -6.17. The third-order valence-corrected chi connectivity index (χ3v) is 15.7.